The molecular weight excluding hydrogens is 340 g/mol. The van der Waals surface area contributed by atoms with Gasteiger partial charge in [0.15, 0.2) is 5.78 Å². The molecule has 0 fully saturated rings. The highest BCUT2D eigenvalue weighted by atomic mass is 32.2. The molecule has 25 heavy (non-hydrogen) atoms. The molecule has 7 heteroatoms. The molecule has 0 atom stereocenters. The third-order valence-corrected chi connectivity index (χ3v) is 4.28. The fraction of sp³-hybridized carbons (Fsp3) is 0.167. The lowest BCUT2D eigenvalue weighted by Crippen LogP contribution is -2.05. The van der Waals surface area contributed by atoms with Crippen molar-refractivity contribution in [2.45, 2.75) is 5.22 Å². The summed E-state index contributed by atoms with van der Waals surface area (Å²) in [5.41, 5.74) is 1.32. The number of ketones is 1. The van der Waals surface area contributed by atoms with Gasteiger partial charge in [-0.1, -0.05) is 30.0 Å². The van der Waals surface area contributed by atoms with E-state index in [2.05, 4.69) is 10.2 Å². The summed E-state index contributed by atoms with van der Waals surface area (Å²) in [6.07, 6.45) is 0. The standard InChI is InChI=1S/C18H16N2O4S/c1-22-13-8-9-14(16(10-13)23-2)15(21)11-25-18-20-19-17(24-18)12-6-4-3-5-7-12/h3-10H,11H2,1-2H3. The van der Waals surface area contributed by atoms with Gasteiger partial charge in [-0.25, -0.2) is 0 Å². The summed E-state index contributed by atoms with van der Waals surface area (Å²) >= 11 is 1.19. The Labute approximate surface area is 149 Å². The van der Waals surface area contributed by atoms with Gasteiger partial charge in [0.05, 0.1) is 25.5 Å². The number of rotatable bonds is 7. The molecule has 0 bridgehead atoms. The molecule has 1 aromatic heterocycles. The van der Waals surface area contributed by atoms with Crippen LogP contribution in [0.4, 0.5) is 0 Å². The number of hydrogen-bond acceptors (Lipinski definition) is 7. The first kappa shape index (κ1) is 17.0. The fourth-order valence-electron chi connectivity index (χ4n) is 2.20. The Morgan fingerprint density at radius 2 is 1.88 bits per heavy atom. The number of carbonyl (C=O) groups excluding carboxylic acids is 1. The Morgan fingerprint density at radius 3 is 2.60 bits per heavy atom. The number of ether oxygens (including phenoxy) is 2. The van der Waals surface area contributed by atoms with E-state index in [1.54, 1.807) is 25.3 Å². The van der Waals surface area contributed by atoms with Crippen molar-refractivity contribution in [2.75, 3.05) is 20.0 Å². The van der Waals surface area contributed by atoms with Crippen molar-refractivity contribution >= 4 is 17.5 Å². The normalized spacial score (nSPS) is 10.5. The summed E-state index contributed by atoms with van der Waals surface area (Å²) in [5, 5.41) is 8.32. The van der Waals surface area contributed by atoms with E-state index in [4.69, 9.17) is 13.9 Å². The van der Waals surface area contributed by atoms with Crippen LogP contribution in [0.3, 0.4) is 0 Å². The molecule has 3 rings (SSSR count). The van der Waals surface area contributed by atoms with Crippen LogP contribution in [0.5, 0.6) is 11.5 Å². The summed E-state index contributed by atoms with van der Waals surface area (Å²) < 4.78 is 16.0. The molecule has 0 radical (unpaired) electrons. The van der Waals surface area contributed by atoms with E-state index in [0.717, 1.165) is 5.56 Å². The number of methoxy groups -OCH3 is 2. The quantitative estimate of drug-likeness (QED) is 0.472. The van der Waals surface area contributed by atoms with Gasteiger partial charge >= 0.3 is 0 Å². The summed E-state index contributed by atoms with van der Waals surface area (Å²) in [6, 6.07) is 14.6. The van der Waals surface area contributed by atoms with Crippen LogP contribution in [0.15, 0.2) is 58.2 Å². The lowest BCUT2D eigenvalue weighted by atomic mass is 10.1. The second-order valence-electron chi connectivity index (χ2n) is 5.02. The van der Waals surface area contributed by atoms with Crippen LogP contribution >= 0.6 is 11.8 Å². The molecule has 128 valence electrons. The second-order valence-corrected chi connectivity index (χ2v) is 5.94. The van der Waals surface area contributed by atoms with Crippen LogP contribution in [-0.4, -0.2) is 36.0 Å². The number of Topliss-reactive ketones (excluding diaryl/α,β-unsaturated/α-hetero) is 1. The third kappa shape index (κ3) is 4.00. The van der Waals surface area contributed by atoms with E-state index in [9.17, 15) is 4.79 Å². The van der Waals surface area contributed by atoms with E-state index < -0.39 is 0 Å². The molecule has 2 aromatic carbocycles. The van der Waals surface area contributed by atoms with Crippen LogP contribution in [0, 0.1) is 0 Å². The predicted octanol–water partition coefficient (Wildman–Crippen LogP) is 3.73. The third-order valence-electron chi connectivity index (χ3n) is 3.46. The van der Waals surface area contributed by atoms with Crippen LogP contribution in [0.25, 0.3) is 11.5 Å². The molecule has 0 saturated carbocycles. The summed E-state index contributed by atoms with van der Waals surface area (Å²) in [7, 11) is 3.08. The lowest BCUT2D eigenvalue weighted by molar-refractivity contribution is 0.101. The van der Waals surface area contributed by atoms with Gasteiger partial charge in [0, 0.05) is 11.6 Å². The van der Waals surface area contributed by atoms with Gasteiger partial charge < -0.3 is 13.9 Å². The lowest BCUT2D eigenvalue weighted by Gasteiger charge is -2.08. The molecular formula is C18H16N2O4S. The SMILES string of the molecule is COc1ccc(C(=O)CSc2nnc(-c3ccccc3)o2)c(OC)c1. The first-order valence-electron chi connectivity index (χ1n) is 7.48. The van der Waals surface area contributed by atoms with Crippen molar-refractivity contribution in [3.63, 3.8) is 0 Å². The minimum Gasteiger partial charge on any atom is -0.497 e. The zero-order valence-electron chi connectivity index (χ0n) is 13.8. The van der Waals surface area contributed by atoms with Crippen LogP contribution in [0.1, 0.15) is 10.4 Å². The van der Waals surface area contributed by atoms with Crippen molar-refractivity contribution in [2.24, 2.45) is 0 Å². The van der Waals surface area contributed by atoms with Crippen molar-refractivity contribution in [1.29, 1.82) is 0 Å². The number of benzene rings is 2. The average Bonchev–Trinajstić information content (AvgIpc) is 3.15. The molecule has 0 aliphatic carbocycles. The summed E-state index contributed by atoms with van der Waals surface area (Å²) in [5.74, 6) is 1.60. The molecule has 3 aromatic rings. The van der Waals surface area contributed by atoms with Crippen LogP contribution in [-0.2, 0) is 0 Å². The monoisotopic (exact) mass is 356 g/mol. The fourth-order valence-corrected chi connectivity index (χ4v) is 2.85. The highest BCUT2D eigenvalue weighted by molar-refractivity contribution is 7.99. The van der Waals surface area contributed by atoms with Gasteiger partial charge in [0.25, 0.3) is 5.22 Å². The predicted molar refractivity (Wildman–Crippen MR) is 94.3 cm³/mol. The Hall–Kier alpha value is -2.80. The first-order valence-corrected chi connectivity index (χ1v) is 8.46. The van der Waals surface area contributed by atoms with Crippen molar-refractivity contribution in [1.82, 2.24) is 10.2 Å². The molecule has 0 unspecified atom stereocenters. The number of carbonyl (C=O) groups is 1. The molecule has 0 aliphatic heterocycles. The first-order chi connectivity index (χ1) is 12.2. The van der Waals surface area contributed by atoms with E-state index >= 15 is 0 Å². The van der Waals surface area contributed by atoms with Crippen molar-refractivity contribution in [3.8, 4) is 23.0 Å². The summed E-state index contributed by atoms with van der Waals surface area (Å²) in [4.78, 5) is 12.4. The van der Waals surface area contributed by atoms with Gasteiger partial charge in [-0.15, -0.1) is 10.2 Å². The number of nitrogens with zero attached hydrogens (tertiary/aromatic N) is 2. The smallest absolute Gasteiger partial charge is 0.277 e. The highest BCUT2D eigenvalue weighted by Crippen LogP contribution is 2.28. The number of aromatic nitrogens is 2. The van der Waals surface area contributed by atoms with Gasteiger partial charge in [0.1, 0.15) is 11.5 Å². The highest BCUT2D eigenvalue weighted by Gasteiger charge is 2.16. The number of thioether (sulfide) groups is 1. The molecule has 0 amide bonds. The molecule has 0 spiro atoms. The maximum atomic E-state index is 12.4. The van der Waals surface area contributed by atoms with Gasteiger partial charge in [-0.3, -0.25) is 4.79 Å². The van der Waals surface area contributed by atoms with E-state index in [1.807, 2.05) is 30.3 Å². The minimum atomic E-state index is -0.0936. The molecule has 1 heterocycles. The Bertz CT molecular complexity index is 865. The average molecular weight is 356 g/mol. The molecule has 0 aliphatic rings. The van der Waals surface area contributed by atoms with E-state index in [-0.39, 0.29) is 11.5 Å². The maximum Gasteiger partial charge on any atom is 0.277 e. The van der Waals surface area contributed by atoms with Crippen molar-refractivity contribution in [3.05, 3.63) is 54.1 Å². The van der Waals surface area contributed by atoms with E-state index in [1.165, 1.54) is 18.9 Å². The van der Waals surface area contributed by atoms with Gasteiger partial charge in [-0.05, 0) is 24.3 Å². The minimum absolute atomic E-state index is 0.0936. The van der Waals surface area contributed by atoms with Crippen molar-refractivity contribution < 1.29 is 18.7 Å². The largest absolute Gasteiger partial charge is 0.497 e. The van der Waals surface area contributed by atoms with Crippen LogP contribution in [0.2, 0.25) is 0 Å². The van der Waals surface area contributed by atoms with E-state index in [0.29, 0.717) is 28.2 Å². The molecule has 0 N–H and O–H groups in total. The molecule has 0 saturated heterocycles. The van der Waals surface area contributed by atoms with Crippen LogP contribution < -0.4 is 9.47 Å². The Morgan fingerprint density at radius 1 is 1.08 bits per heavy atom. The van der Waals surface area contributed by atoms with Gasteiger partial charge in [-0.2, -0.15) is 0 Å². The maximum absolute atomic E-state index is 12.4. The molecule has 6 nitrogen and oxygen atoms in total. The second kappa shape index (κ2) is 7.85. The zero-order chi connectivity index (χ0) is 17.6. The Balaban J connectivity index is 1.68. The topological polar surface area (TPSA) is 74.5 Å². The zero-order valence-corrected chi connectivity index (χ0v) is 14.6. The van der Waals surface area contributed by atoms with Gasteiger partial charge in [0.2, 0.25) is 5.89 Å². The Kier molecular flexibility index (Phi) is 5.35. The number of hydrogen-bond donors (Lipinski definition) is 0. The summed E-state index contributed by atoms with van der Waals surface area (Å²) in [6.45, 7) is 0.